The molecule has 0 bridgehead atoms. The molecule has 0 unspecified atom stereocenters. The monoisotopic (exact) mass is 289 g/mol. The second kappa shape index (κ2) is 5.02. The Balaban J connectivity index is 1.97. The molecule has 6 heteroatoms. The van der Waals surface area contributed by atoms with E-state index in [2.05, 4.69) is 4.98 Å². The largest absolute Gasteiger partial charge is 0.481 e. The zero-order chi connectivity index (χ0) is 14.1. The Morgan fingerprint density at radius 1 is 1.40 bits per heavy atom. The number of halogens is 1. The predicted octanol–water partition coefficient (Wildman–Crippen LogP) is 2.24. The van der Waals surface area contributed by atoms with E-state index in [9.17, 15) is 4.79 Å². The number of anilines is 2. The number of hydrogen-bond donors (Lipinski definition) is 1. The summed E-state index contributed by atoms with van der Waals surface area (Å²) < 4.78 is 5.40. The number of carbonyl (C=O) groups is 1. The topological polar surface area (TPSA) is 68.5 Å². The van der Waals surface area contributed by atoms with Crippen molar-refractivity contribution < 1.29 is 9.53 Å². The van der Waals surface area contributed by atoms with Crippen molar-refractivity contribution in [2.75, 3.05) is 17.2 Å². The summed E-state index contributed by atoms with van der Waals surface area (Å²) in [4.78, 5) is 17.6. The fraction of sp³-hybridized carbons (Fsp3) is 0.143. The van der Waals surface area contributed by atoms with Gasteiger partial charge in [0.1, 0.15) is 5.75 Å². The Labute approximate surface area is 120 Å². The van der Waals surface area contributed by atoms with E-state index in [-0.39, 0.29) is 12.5 Å². The number of fused-ring (bicyclic) bond motifs is 1. The van der Waals surface area contributed by atoms with Crippen LogP contribution in [0.1, 0.15) is 5.56 Å². The van der Waals surface area contributed by atoms with Gasteiger partial charge in [-0.15, -0.1) is 0 Å². The maximum Gasteiger partial charge on any atom is 0.265 e. The zero-order valence-corrected chi connectivity index (χ0v) is 11.3. The standard InChI is InChI=1S/C14H12ClN3O2/c15-11-6-17-4-3-9(11)7-18-12-2-1-10(16)5-13(12)20-8-14(18)19/h1-6H,7-8,16H2. The molecule has 1 amide bonds. The first-order valence-electron chi connectivity index (χ1n) is 6.06. The van der Waals surface area contributed by atoms with E-state index >= 15 is 0 Å². The average Bonchev–Trinajstić information content (AvgIpc) is 2.44. The third-order valence-corrected chi connectivity index (χ3v) is 3.45. The van der Waals surface area contributed by atoms with Gasteiger partial charge in [-0.25, -0.2) is 0 Å². The number of hydrogen-bond acceptors (Lipinski definition) is 4. The molecule has 0 aliphatic carbocycles. The van der Waals surface area contributed by atoms with Gasteiger partial charge < -0.3 is 15.4 Å². The average molecular weight is 290 g/mol. The summed E-state index contributed by atoms with van der Waals surface area (Å²) in [5.41, 5.74) is 7.85. The third kappa shape index (κ3) is 2.28. The van der Waals surface area contributed by atoms with Crippen LogP contribution in [0.5, 0.6) is 5.75 Å². The number of amides is 1. The molecule has 2 N–H and O–H groups in total. The molecule has 102 valence electrons. The Morgan fingerprint density at radius 3 is 3.05 bits per heavy atom. The summed E-state index contributed by atoms with van der Waals surface area (Å²) >= 11 is 6.09. The van der Waals surface area contributed by atoms with Crippen LogP contribution < -0.4 is 15.4 Å². The maximum atomic E-state index is 12.1. The molecule has 0 atom stereocenters. The summed E-state index contributed by atoms with van der Waals surface area (Å²) in [6.45, 7) is 0.375. The molecule has 2 aromatic rings. The first-order chi connectivity index (χ1) is 9.65. The molecule has 1 aliphatic rings. The molecule has 0 radical (unpaired) electrons. The first kappa shape index (κ1) is 12.7. The lowest BCUT2D eigenvalue weighted by Crippen LogP contribution is -2.38. The molecule has 0 fully saturated rings. The van der Waals surface area contributed by atoms with Crippen LogP contribution in [0, 0.1) is 0 Å². The van der Waals surface area contributed by atoms with Crippen LogP contribution in [0.4, 0.5) is 11.4 Å². The van der Waals surface area contributed by atoms with Crippen molar-refractivity contribution in [1.82, 2.24) is 4.98 Å². The fourth-order valence-corrected chi connectivity index (χ4v) is 2.28. The highest BCUT2D eigenvalue weighted by Crippen LogP contribution is 2.35. The van der Waals surface area contributed by atoms with E-state index in [1.807, 2.05) is 0 Å². The van der Waals surface area contributed by atoms with Crippen molar-refractivity contribution >= 4 is 28.9 Å². The predicted molar refractivity (Wildman–Crippen MR) is 76.8 cm³/mol. The van der Waals surface area contributed by atoms with Crippen LogP contribution in [-0.4, -0.2) is 17.5 Å². The Kier molecular flexibility index (Phi) is 3.20. The minimum atomic E-state index is -0.116. The molecular formula is C14H12ClN3O2. The number of nitrogen functional groups attached to an aromatic ring is 1. The number of nitrogens with two attached hydrogens (primary N) is 1. The Bertz CT molecular complexity index is 675. The second-order valence-electron chi connectivity index (χ2n) is 4.46. The SMILES string of the molecule is Nc1ccc2c(c1)OCC(=O)N2Cc1ccncc1Cl. The molecule has 5 nitrogen and oxygen atoms in total. The molecule has 1 aromatic carbocycles. The summed E-state index contributed by atoms with van der Waals surface area (Å²) in [5, 5.41) is 0.531. The van der Waals surface area contributed by atoms with Crippen LogP contribution >= 0.6 is 11.6 Å². The van der Waals surface area contributed by atoms with Gasteiger partial charge in [0.05, 0.1) is 17.3 Å². The second-order valence-corrected chi connectivity index (χ2v) is 4.87. The third-order valence-electron chi connectivity index (χ3n) is 3.11. The van der Waals surface area contributed by atoms with Gasteiger partial charge in [0.2, 0.25) is 0 Å². The number of pyridine rings is 1. The van der Waals surface area contributed by atoms with Crippen LogP contribution in [0.25, 0.3) is 0 Å². The highest BCUT2D eigenvalue weighted by molar-refractivity contribution is 6.31. The number of carbonyl (C=O) groups excluding carboxylic acids is 1. The molecule has 20 heavy (non-hydrogen) atoms. The Hall–Kier alpha value is -2.27. The van der Waals surface area contributed by atoms with Crippen LogP contribution in [-0.2, 0) is 11.3 Å². The van der Waals surface area contributed by atoms with Crippen LogP contribution in [0.2, 0.25) is 5.02 Å². The quantitative estimate of drug-likeness (QED) is 0.861. The molecule has 0 spiro atoms. The van der Waals surface area contributed by atoms with Gasteiger partial charge in [-0.2, -0.15) is 0 Å². The van der Waals surface area contributed by atoms with Crippen molar-refractivity contribution in [2.24, 2.45) is 0 Å². The smallest absolute Gasteiger partial charge is 0.265 e. The molecular weight excluding hydrogens is 278 g/mol. The van der Waals surface area contributed by atoms with Gasteiger partial charge in [-0.1, -0.05) is 11.6 Å². The highest BCUT2D eigenvalue weighted by atomic mass is 35.5. The van der Waals surface area contributed by atoms with Crippen molar-refractivity contribution in [3.8, 4) is 5.75 Å². The molecule has 1 aliphatic heterocycles. The first-order valence-corrected chi connectivity index (χ1v) is 6.44. The van der Waals surface area contributed by atoms with Crippen molar-refractivity contribution in [1.29, 1.82) is 0 Å². The Morgan fingerprint density at radius 2 is 2.25 bits per heavy atom. The zero-order valence-electron chi connectivity index (χ0n) is 10.5. The molecule has 0 saturated carbocycles. The number of aromatic nitrogens is 1. The van der Waals surface area contributed by atoms with E-state index in [4.69, 9.17) is 22.1 Å². The minimum Gasteiger partial charge on any atom is -0.481 e. The van der Waals surface area contributed by atoms with E-state index in [0.29, 0.717) is 28.7 Å². The molecule has 3 rings (SSSR count). The van der Waals surface area contributed by atoms with Gasteiger partial charge in [-0.3, -0.25) is 9.78 Å². The lowest BCUT2D eigenvalue weighted by Gasteiger charge is -2.29. The summed E-state index contributed by atoms with van der Waals surface area (Å²) in [7, 11) is 0. The van der Waals surface area contributed by atoms with Crippen molar-refractivity contribution in [3.63, 3.8) is 0 Å². The van der Waals surface area contributed by atoms with Gasteiger partial charge in [-0.05, 0) is 23.8 Å². The molecule has 1 aromatic heterocycles. The maximum absolute atomic E-state index is 12.1. The highest BCUT2D eigenvalue weighted by Gasteiger charge is 2.26. The van der Waals surface area contributed by atoms with E-state index in [0.717, 1.165) is 5.56 Å². The van der Waals surface area contributed by atoms with Gasteiger partial charge in [0.15, 0.2) is 6.61 Å². The summed E-state index contributed by atoms with van der Waals surface area (Å²) in [5.74, 6) is 0.491. The molecule has 0 saturated heterocycles. The van der Waals surface area contributed by atoms with Crippen LogP contribution in [0.15, 0.2) is 36.7 Å². The van der Waals surface area contributed by atoms with E-state index in [1.54, 1.807) is 41.6 Å². The summed E-state index contributed by atoms with van der Waals surface area (Å²) in [6.07, 6.45) is 3.21. The number of benzene rings is 1. The van der Waals surface area contributed by atoms with E-state index < -0.39 is 0 Å². The normalized spacial score (nSPS) is 13.8. The summed E-state index contributed by atoms with van der Waals surface area (Å²) in [6, 6.07) is 7.02. The number of ether oxygens (including phenoxy) is 1. The number of rotatable bonds is 2. The lowest BCUT2D eigenvalue weighted by molar-refractivity contribution is -0.121. The fourth-order valence-electron chi connectivity index (χ4n) is 2.10. The lowest BCUT2D eigenvalue weighted by atomic mass is 10.1. The minimum absolute atomic E-state index is 0.000837. The van der Waals surface area contributed by atoms with Gasteiger partial charge in [0.25, 0.3) is 5.91 Å². The van der Waals surface area contributed by atoms with Crippen LogP contribution in [0.3, 0.4) is 0 Å². The number of nitrogens with zero attached hydrogens (tertiary/aromatic N) is 2. The van der Waals surface area contributed by atoms with Gasteiger partial charge >= 0.3 is 0 Å². The van der Waals surface area contributed by atoms with Crippen molar-refractivity contribution in [2.45, 2.75) is 6.54 Å². The molecule has 2 heterocycles. The van der Waals surface area contributed by atoms with Gasteiger partial charge in [0, 0.05) is 24.1 Å². The van der Waals surface area contributed by atoms with Crippen molar-refractivity contribution in [3.05, 3.63) is 47.2 Å². The van der Waals surface area contributed by atoms with E-state index in [1.165, 1.54) is 0 Å².